The zero-order valence-electron chi connectivity index (χ0n) is 11.6. The van der Waals surface area contributed by atoms with Crippen molar-refractivity contribution in [2.45, 2.75) is 45.4 Å². The molecule has 3 unspecified atom stereocenters. The highest BCUT2D eigenvalue weighted by molar-refractivity contribution is 5.19. The van der Waals surface area contributed by atoms with E-state index in [9.17, 15) is 0 Å². The van der Waals surface area contributed by atoms with E-state index in [-0.39, 0.29) is 18.2 Å². The normalized spacial score (nSPS) is 16.2. The molecule has 102 valence electrons. The van der Waals surface area contributed by atoms with E-state index in [0.717, 1.165) is 18.6 Å². The second-order valence-corrected chi connectivity index (χ2v) is 4.49. The van der Waals surface area contributed by atoms with Gasteiger partial charge >= 0.3 is 0 Å². The van der Waals surface area contributed by atoms with E-state index in [0.29, 0.717) is 6.61 Å². The number of ether oxygens (including phenoxy) is 2. The van der Waals surface area contributed by atoms with Gasteiger partial charge in [-0.3, -0.25) is 0 Å². The van der Waals surface area contributed by atoms with Crippen LogP contribution >= 0.6 is 0 Å². The largest absolute Gasteiger partial charge is 0.379 e. The zero-order chi connectivity index (χ0) is 13.4. The summed E-state index contributed by atoms with van der Waals surface area (Å²) in [5, 5.41) is 0. The summed E-state index contributed by atoms with van der Waals surface area (Å²) in [4.78, 5) is 0. The molecule has 0 aliphatic heterocycles. The Bertz CT molecular complexity index is 316. The molecule has 0 radical (unpaired) electrons. The molecule has 2 N–H and O–H groups in total. The zero-order valence-corrected chi connectivity index (χ0v) is 11.6. The molecule has 0 saturated carbocycles. The maximum absolute atomic E-state index is 6.26. The van der Waals surface area contributed by atoms with Gasteiger partial charge < -0.3 is 15.2 Å². The number of hydrogen-bond donors (Lipinski definition) is 1. The maximum atomic E-state index is 6.26. The minimum Gasteiger partial charge on any atom is -0.379 e. The highest BCUT2D eigenvalue weighted by Gasteiger charge is 2.20. The van der Waals surface area contributed by atoms with E-state index in [1.807, 2.05) is 44.2 Å². The summed E-state index contributed by atoms with van der Waals surface area (Å²) in [6, 6.07) is 10.0. The van der Waals surface area contributed by atoms with Gasteiger partial charge in [0.2, 0.25) is 0 Å². The predicted molar refractivity (Wildman–Crippen MR) is 74.5 cm³/mol. The molecule has 0 heterocycles. The number of nitrogens with two attached hydrogens (primary N) is 1. The molecule has 3 heteroatoms. The molecular weight excluding hydrogens is 226 g/mol. The molecule has 0 spiro atoms. The van der Waals surface area contributed by atoms with Gasteiger partial charge in [0.05, 0.1) is 24.9 Å². The molecule has 0 fully saturated rings. The van der Waals surface area contributed by atoms with Gasteiger partial charge in [0, 0.05) is 6.61 Å². The molecule has 0 aliphatic rings. The van der Waals surface area contributed by atoms with E-state index in [2.05, 4.69) is 6.92 Å². The molecule has 3 nitrogen and oxygen atoms in total. The van der Waals surface area contributed by atoms with Gasteiger partial charge in [0.1, 0.15) is 0 Å². The lowest BCUT2D eigenvalue weighted by atomic mass is 10.0. The van der Waals surface area contributed by atoms with Crippen molar-refractivity contribution < 1.29 is 9.47 Å². The fourth-order valence-corrected chi connectivity index (χ4v) is 1.95. The van der Waals surface area contributed by atoms with Crippen molar-refractivity contribution in [2.75, 3.05) is 13.2 Å². The van der Waals surface area contributed by atoms with Crippen LogP contribution < -0.4 is 5.73 Å². The lowest BCUT2D eigenvalue weighted by Crippen LogP contribution is -2.33. The van der Waals surface area contributed by atoms with Gasteiger partial charge in [-0.2, -0.15) is 0 Å². The summed E-state index contributed by atoms with van der Waals surface area (Å²) in [5.41, 5.74) is 7.38. The quantitative estimate of drug-likeness (QED) is 0.772. The smallest absolute Gasteiger partial charge is 0.0785 e. The Balaban J connectivity index is 2.55. The molecule has 0 bridgehead atoms. The van der Waals surface area contributed by atoms with Gasteiger partial charge in [-0.1, -0.05) is 37.3 Å². The Hall–Kier alpha value is -0.900. The number of rotatable bonds is 8. The average molecular weight is 251 g/mol. The molecule has 0 aliphatic carbocycles. The van der Waals surface area contributed by atoms with Gasteiger partial charge in [-0.15, -0.1) is 0 Å². The van der Waals surface area contributed by atoms with Crippen LogP contribution in [0.4, 0.5) is 0 Å². The first-order valence-corrected chi connectivity index (χ1v) is 6.72. The molecule has 1 rings (SSSR count). The van der Waals surface area contributed by atoms with Gasteiger partial charge in [0.15, 0.2) is 0 Å². The predicted octanol–water partition coefficient (Wildman–Crippen LogP) is 2.91. The van der Waals surface area contributed by atoms with Crippen molar-refractivity contribution in [3.8, 4) is 0 Å². The van der Waals surface area contributed by atoms with Crippen molar-refractivity contribution in [1.82, 2.24) is 0 Å². The third-order valence-corrected chi connectivity index (χ3v) is 2.95. The van der Waals surface area contributed by atoms with Crippen molar-refractivity contribution in [3.05, 3.63) is 35.9 Å². The van der Waals surface area contributed by atoms with Gasteiger partial charge in [-0.05, 0) is 25.8 Å². The van der Waals surface area contributed by atoms with Crippen LogP contribution in [0.25, 0.3) is 0 Å². The van der Waals surface area contributed by atoms with Gasteiger partial charge in [0.25, 0.3) is 0 Å². The first-order chi connectivity index (χ1) is 8.69. The first-order valence-electron chi connectivity index (χ1n) is 6.72. The summed E-state index contributed by atoms with van der Waals surface area (Å²) in [6.07, 6.45) is 1.000. The first kappa shape index (κ1) is 15.2. The molecule has 0 amide bonds. The molecule has 0 saturated heterocycles. The molecule has 0 aromatic heterocycles. The molecule has 3 atom stereocenters. The third-order valence-electron chi connectivity index (χ3n) is 2.95. The van der Waals surface area contributed by atoms with E-state index >= 15 is 0 Å². The maximum Gasteiger partial charge on any atom is 0.0785 e. The van der Waals surface area contributed by atoms with Crippen LogP contribution in [0, 0.1) is 0 Å². The van der Waals surface area contributed by atoms with E-state index in [1.54, 1.807) is 0 Å². The van der Waals surface area contributed by atoms with E-state index in [1.165, 1.54) is 0 Å². The third kappa shape index (κ3) is 4.77. The van der Waals surface area contributed by atoms with Crippen LogP contribution in [0.3, 0.4) is 0 Å². The van der Waals surface area contributed by atoms with Crippen LogP contribution in [-0.2, 0) is 9.47 Å². The summed E-state index contributed by atoms with van der Waals surface area (Å²) in [6.45, 7) is 7.44. The highest BCUT2D eigenvalue weighted by atomic mass is 16.5. The SMILES string of the molecule is CCOCC(C)OC(CC)C(N)c1ccccc1. The van der Waals surface area contributed by atoms with Crippen LogP contribution in [0.1, 0.15) is 38.8 Å². The summed E-state index contributed by atoms with van der Waals surface area (Å²) < 4.78 is 11.3. The second kappa shape index (κ2) is 8.25. The second-order valence-electron chi connectivity index (χ2n) is 4.49. The summed E-state index contributed by atoms with van der Waals surface area (Å²) in [7, 11) is 0. The lowest BCUT2D eigenvalue weighted by Gasteiger charge is -2.26. The van der Waals surface area contributed by atoms with E-state index < -0.39 is 0 Å². The Morgan fingerprint density at radius 1 is 1.17 bits per heavy atom. The lowest BCUT2D eigenvalue weighted by molar-refractivity contribution is -0.0568. The van der Waals surface area contributed by atoms with Crippen molar-refractivity contribution in [2.24, 2.45) is 5.73 Å². The summed E-state index contributed by atoms with van der Waals surface area (Å²) in [5.74, 6) is 0. The molecule has 1 aromatic carbocycles. The van der Waals surface area contributed by atoms with Crippen LogP contribution in [-0.4, -0.2) is 25.4 Å². The fraction of sp³-hybridized carbons (Fsp3) is 0.600. The topological polar surface area (TPSA) is 44.5 Å². The average Bonchev–Trinajstić information content (AvgIpc) is 2.42. The molecular formula is C15H25NO2. The van der Waals surface area contributed by atoms with E-state index in [4.69, 9.17) is 15.2 Å². The Morgan fingerprint density at radius 3 is 2.39 bits per heavy atom. The number of hydrogen-bond acceptors (Lipinski definition) is 3. The highest BCUT2D eigenvalue weighted by Crippen LogP contribution is 2.20. The van der Waals surface area contributed by atoms with Crippen molar-refractivity contribution in [1.29, 1.82) is 0 Å². The van der Waals surface area contributed by atoms with Crippen molar-refractivity contribution in [3.63, 3.8) is 0 Å². The van der Waals surface area contributed by atoms with Crippen molar-refractivity contribution >= 4 is 0 Å². The molecule has 1 aromatic rings. The minimum absolute atomic E-state index is 0.0304. The van der Waals surface area contributed by atoms with Crippen LogP contribution in [0.2, 0.25) is 0 Å². The standard InChI is InChI=1S/C15H25NO2/c1-4-14(18-12(3)11-17-5-2)15(16)13-9-7-6-8-10-13/h6-10,12,14-15H,4-5,11,16H2,1-3H3. The van der Waals surface area contributed by atoms with Gasteiger partial charge in [-0.25, -0.2) is 0 Å². The Kier molecular flexibility index (Phi) is 6.94. The monoisotopic (exact) mass is 251 g/mol. The minimum atomic E-state index is -0.0831. The fourth-order valence-electron chi connectivity index (χ4n) is 1.95. The Labute approximate surface area is 110 Å². The van der Waals surface area contributed by atoms with Crippen LogP contribution in [0.5, 0.6) is 0 Å². The number of benzene rings is 1. The summed E-state index contributed by atoms with van der Waals surface area (Å²) >= 11 is 0. The van der Waals surface area contributed by atoms with Crippen LogP contribution in [0.15, 0.2) is 30.3 Å². The molecule has 18 heavy (non-hydrogen) atoms. The Morgan fingerprint density at radius 2 is 1.83 bits per heavy atom.